The van der Waals surface area contributed by atoms with Gasteiger partial charge in [0.2, 0.25) is 0 Å². The Bertz CT molecular complexity index is 1070. The average Bonchev–Trinajstić information content (AvgIpc) is 2.85. The van der Waals surface area contributed by atoms with E-state index in [1.807, 2.05) is 0 Å². The summed E-state index contributed by atoms with van der Waals surface area (Å²) < 4.78 is 0. The van der Waals surface area contributed by atoms with Crippen LogP contribution in [0.1, 0.15) is 100.0 Å². The van der Waals surface area contributed by atoms with Crippen molar-refractivity contribution in [2.24, 2.45) is 75.4 Å². The molecular formula is C37H58O3. The number of carbonyl (C=O) groups is 1. The quantitative estimate of drug-likeness (QED) is 0.393. The average molecular weight is 551 g/mol. The van der Waals surface area contributed by atoms with E-state index in [4.69, 9.17) is 0 Å². The first-order valence-electron chi connectivity index (χ1n) is 16.6. The fourth-order valence-corrected chi connectivity index (χ4v) is 12.2. The van der Waals surface area contributed by atoms with E-state index in [-0.39, 0.29) is 46.4 Å². The topological polar surface area (TPSA) is 57.5 Å². The molecule has 40 heavy (non-hydrogen) atoms. The molecule has 0 heterocycles. The number of Topliss-reactive ketones (excluding diaryl/α,β-unsaturated/α-hetero) is 1. The first-order chi connectivity index (χ1) is 18.7. The third kappa shape index (κ3) is 4.47. The zero-order valence-corrected chi connectivity index (χ0v) is 26.9. The Balaban J connectivity index is 1.49. The zero-order valence-electron chi connectivity index (χ0n) is 26.9. The summed E-state index contributed by atoms with van der Waals surface area (Å²) in [6, 6.07) is 10.9. The maximum Gasteiger partial charge on any atom is 0.135 e. The van der Waals surface area contributed by atoms with Gasteiger partial charge in [-0.2, -0.15) is 0 Å². The molecular weight excluding hydrogens is 492 g/mol. The van der Waals surface area contributed by atoms with Crippen LogP contribution < -0.4 is 0 Å². The summed E-state index contributed by atoms with van der Waals surface area (Å²) in [5.74, 6) is 3.50. The van der Waals surface area contributed by atoms with Crippen LogP contribution in [0.25, 0.3) is 0 Å². The number of carbonyl (C=O) groups excluding carboxylic acids is 1. The van der Waals surface area contributed by atoms with Crippen molar-refractivity contribution < 1.29 is 15.0 Å². The molecule has 0 saturated heterocycles. The van der Waals surface area contributed by atoms with Crippen LogP contribution in [0.15, 0.2) is 30.3 Å². The Morgan fingerprint density at radius 1 is 1.02 bits per heavy atom. The number of benzene rings is 1. The summed E-state index contributed by atoms with van der Waals surface area (Å²) >= 11 is 0. The molecule has 1 aromatic carbocycles. The van der Waals surface area contributed by atoms with Gasteiger partial charge in [0.05, 0.1) is 12.2 Å². The van der Waals surface area contributed by atoms with Crippen molar-refractivity contribution in [2.45, 2.75) is 113 Å². The number of rotatable bonds is 5. The summed E-state index contributed by atoms with van der Waals surface area (Å²) in [5, 5.41) is 24.5. The number of fused-ring (bicyclic) bond motifs is 3. The van der Waals surface area contributed by atoms with Crippen LogP contribution in [0.2, 0.25) is 0 Å². The van der Waals surface area contributed by atoms with Gasteiger partial charge < -0.3 is 10.2 Å². The lowest BCUT2D eigenvalue weighted by Crippen LogP contribution is -2.70. The molecule has 0 aliphatic heterocycles. The molecule has 0 amide bonds. The highest BCUT2D eigenvalue weighted by atomic mass is 16.3. The van der Waals surface area contributed by atoms with Gasteiger partial charge in [-0.1, -0.05) is 85.7 Å². The minimum atomic E-state index is -0.658. The second kappa shape index (κ2) is 10.5. The predicted octanol–water partition coefficient (Wildman–Crippen LogP) is 7.83. The molecule has 3 heteroatoms. The molecule has 5 rings (SSSR count). The molecule has 14 atom stereocenters. The van der Waals surface area contributed by atoms with Gasteiger partial charge >= 0.3 is 0 Å². The number of aryl methyl sites for hydroxylation is 1. The Morgan fingerprint density at radius 3 is 2.27 bits per heavy atom. The van der Waals surface area contributed by atoms with Crippen LogP contribution in [-0.2, 0) is 11.2 Å². The van der Waals surface area contributed by atoms with Gasteiger partial charge in [0.15, 0.2) is 0 Å². The van der Waals surface area contributed by atoms with Crippen LogP contribution in [-0.4, -0.2) is 28.2 Å². The molecule has 0 bridgehead atoms. The van der Waals surface area contributed by atoms with Gasteiger partial charge in [-0.25, -0.2) is 0 Å². The Kier molecular flexibility index (Phi) is 7.96. The molecule has 224 valence electrons. The molecule has 0 spiro atoms. The maximum absolute atomic E-state index is 12.8. The SMILES string of the molecule is CC(=O)C1C(C)CC2(C)CC3(C)CC4C(C(C)C)CC(CCc5ccccc5)C(C)C4C(O)C3C(C)C2(C)C1O. The molecule has 0 radical (unpaired) electrons. The highest BCUT2D eigenvalue weighted by Gasteiger charge is 2.70. The molecule has 4 saturated carbocycles. The van der Waals surface area contributed by atoms with Crippen LogP contribution in [0.4, 0.5) is 0 Å². The van der Waals surface area contributed by atoms with E-state index in [1.54, 1.807) is 6.92 Å². The van der Waals surface area contributed by atoms with Crippen LogP contribution in [0.3, 0.4) is 0 Å². The standard InChI is InChI=1S/C37H58O3/c1-21(2)28-17-27(16-15-26-13-11-10-12-14-26)23(4)31-29(28)19-35(7)20-36(8)18-22(3)30(25(6)38)34(40)37(36,9)24(5)32(35)33(31)39/h10-14,21-24,27-34,39-40H,15-20H2,1-9H3. The molecule has 4 aliphatic rings. The minimum Gasteiger partial charge on any atom is -0.392 e. The summed E-state index contributed by atoms with van der Waals surface area (Å²) in [4.78, 5) is 12.8. The van der Waals surface area contributed by atoms with E-state index in [9.17, 15) is 15.0 Å². The van der Waals surface area contributed by atoms with E-state index < -0.39 is 11.5 Å². The van der Waals surface area contributed by atoms with Crippen LogP contribution in [0, 0.1) is 75.4 Å². The molecule has 4 fully saturated rings. The fraction of sp³-hybridized carbons (Fsp3) is 0.811. The van der Waals surface area contributed by atoms with E-state index in [1.165, 1.54) is 24.8 Å². The molecule has 3 nitrogen and oxygen atoms in total. The molecule has 4 aliphatic carbocycles. The molecule has 1 aromatic rings. The lowest BCUT2D eigenvalue weighted by molar-refractivity contribution is -0.273. The highest BCUT2D eigenvalue weighted by Crippen LogP contribution is 2.73. The molecule has 14 unspecified atom stereocenters. The van der Waals surface area contributed by atoms with Gasteiger partial charge in [0, 0.05) is 11.3 Å². The Labute approximate surface area is 244 Å². The van der Waals surface area contributed by atoms with E-state index in [0.717, 1.165) is 19.3 Å². The second-order valence-corrected chi connectivity index (χ2v) is 16.5. The van der Waals surface area contributed by atoms with E-state index in [0.29, 0.717) is 35.5 Å². The summed E-state index contributed by atoms with van der Waals surface area (Å²) in [6.07, 6.45) is 5.76. The van der Waals surface area contributed by atoms with Crippen molar-refractivity contribution in [3.05, 3.63) is 35.9 Å². The van der Waals surface area contributed by atoms with Crippen molar-refractivity contribution in [3.8, 4) is 0 Å². The number of aliphatic hydroxyl groups is 2. The molecule has 2 N–H and O–H groups in total. The smallest absolute Gasteiger partial charge is 0.135 e. The van der Waals surface area contributed by atoms with Crippen molar-refractivity contribution in [1.29, 1.82) is 0 Å². The lowest BCUT2D eigenvalue weighted by atomic mass is 9.33. The summed E-state index contributed by atoms with van der Waals surface area (Å²) in [5.41, 5.74) is 1.01. The number of aliphatic hydroxyl groups excluding tert-OH is 2. The third-order valence-corrected chi connectivity index (χ3v) is 14.1. The van der Waals surface area contributed by atoms with Gasteiger partial charge in [-0.3, -0.25) is 4.79 Å². The normalized spacial score (nSPS) is 50.5. The van der Waals surface area contributed by atoms with Gasteiger partial charge in [0.1, 0.15) is 5.78 Å². The van der Waals surface area contributed by atoms with Crippen LogP contribution >= 0.6 is 0 Å². The number of hydrogen-bond acceptors (Lipinski definition) is 3. The Morgan fingerprint density at radius 2 is 1.68 bits per heavy atom. The third-order valence-electron chi connectivity index (χ3n) is 14.1. The fourth-order valence-electron chi connectivity index (χ4n) is 12.2. The minimum absolute atomic E-state index is 0.0422. The van der Waals surface area contributed by atoms with E-state index >= 15 is 0 Å². The van der Waals surface area contributed by atoms with Crippen molar-refractivity contribution in [3.63, 3.8) is 0 Å². The monoisotopic (exact) mass is 550 g/mol. The lowest BCUT2D eigenvalue weighted by Gasteiger charge is -2.72. The summed E-state index contributed by atoms with van der Waals surface area (Å²) in [6.45, 7) is 20.6. The largest absolute Gasteiger partial charge is 0.392 e. The van der Waals surface area contributed by atoms with Crippen molar-refractivity contribution in [2.75, 3.05) is 0 Å². The highest BCUT2D eigenvalue weighted by molar-refractivity contribution is 5.79. The second-order valence-electron chi connectivity index (χ2n) is 16.5. The van der Waals surface area contributed by atoms with Crippen molar-refractivity contribution in [1.82, 2.24) is 0 Å². The first kappa shape index (κ1) is 30.3. The van der Waals surface area contributed by atoms with Crippen molar-refractivity contribution >= 4 is 5.78 Å². The summed E-state index contributed by atoms with van der Waals surface area (Å²) in [7, 11) is 0. The van der Waals surface area contributed by atoms with E-state index in [2.05, 4.69) is 85.7 Å². The first-order valence-corrected chi connectivity index (χ1v) is 16.6. The molecule has 0 aromatic heterocycles. The van der Waals surface area contributed by atoms with Gasteiger partial charge in [-0.05, 0) is 115 Å². The predicted molar refractivity (Wildman–Crippen MR) is 164 cm³/mol. The number of ketones is 1. The van der Waals surface area contributed by atoms with Gasteiger partial charge in [-0.15, -0.1) is 0 Å². The number of hydrogen-bond donors (Lipinski definition) is 2. The Hall–Kier alpha value is -1.19. The zero-order chi connectivity index (χ0) is 29.4. The van der Waals surface area contributed by atoms with Crippen LogP contribution in [0.5, 0.6) is 0 Å². The van der Waals surface area contributed by atoms with Gasteiger partial charge in [0.25, 0.3) is 0 Å². The maximum atomic E-state index is 12.8.